The minimum absolute atomic E-state index is 0.0160. The van der Waals surface area contributed by atoms with Gasteiger partial charge in [-0.1, -0.05) is 83.0 Å². The van der Waals surface area contributed by atoms with E-state index >= 15 is 0 Å². The Morgan fingerprint density at radius 3 is 2.25 bits per heavy atom. The Morgan fingerprint density at radius 1 is 0.944 bits per heavy atom. The molecule has 0 aliphatic carbocycles. The predicted molar refractivity (Wildman–Crippen MR) is 153 cm³/mol. The van der Waals surface area contributed by atoms with Crippen LogP contribution in [0.1, 0.15) is 43.4 Å². The fraction of sp³-hybridized carbons (Fsp3) is 0.333. The lowest BCUT2D eigenvalue weighted by Crippen LogP contribution is -2.52. The molecule has 3 aromatic rings. The van der Waals surface area contributed by atoms with Gasteiger partial charge in [-0.2, -0.15) is 0 Å². The van der Waals surface area contributed by atoms with Crippen LogP contribution in [0.4, 0.5) is 0 Å². The van der Waals surface area contributed by atoms with Crippen molar-refractivity contribution in [3.63, 3.8) is 0 Å². The summed E-state index contributed by atoms with van der Waals surface area (Å²) in [5, 5.41) is 3.12. The number of nitrogens with zero attached hydrogens (tertiary/aromatic N) is 1. The third-order valence-corrected chi connectivity index (χ3v) is 7.69. The molecule has 0 radical (unpaired) electrons. The highest BCUT2D eigenvalue weighted by Gasteiger charge is 2.30. The van der Waals surface area contributed by atoms with Crippen LogP contribution in [0.5, 0.6) is 0 Å². The van der Waals surface area contributed by atoms with E-state index in [0.29, 0.717) is 25.1 Å². The van der Waals surface area contributed by atoms with Crippen molar-refractivity contribution in [2.75, 3.05) is 5.75 Å². The molecule has 36 heavy (non-hydrogen) atoms. The topological polar surface area (TPSA) is 49.4 Å². The second kappa shape index (κ2) is 14.2. The van der Waals surface area contributed by atoms with Gasteiger partial charge in [0, 0.05) is 40.5 Å². The van der Waals surface area contributed by atoms with E-state index in [2.05, 4.69) is 52.4 Å². The highest BCUT2D eigenvalue weighted by atomic mass is 79.9. The zero-order valence-corrected chi connectivity index (χ0v) is 23.6. The second-order valence-electron chi connectivity index (χ2n) is 9.08. The first-order valence-corrected chi connectivity index (χ1v) is 14.2. The third kappa shape index (κ3) is 8.82. The number of carbonyl (C=O) groups is 2. The normalized spacial score (nSPS) is 12.6. The molecule has 6 heteroatoms. The van der Waals surface area contributed by atoms with E-state index in [4.69, 9.17) is 0 Å². The molecule has 0 spiro atoms. The van der Waals surface area contributed by atoms with E-state index in [0.717, 1.165) is 26.9 Å². The number of hydrogen-bond acceptors (Lipinski definition) is 3. The van der Waals surface area contributed by atoms with Gasteiger partial charge in [0.1, 0.15) is 6.04 Å². The van der Waals surface area contributed by atoms with Crippen LogP contribution in [0.25, 0.3) is 0 Å². The van der Waals surface area contributed by atoms with Crippen molar-refractivity contribution in [1.29, 1.82) is 0 Å². The number of rotatable bonds is 12. The standard InChI is InChI=1S/C30H35BrN2O2S/c1-4-23(3)32-30(35)28(20-24-8-6-5-7-9-24)33(21-25-12-14-26(31)15-13-25)29(34)18-19-36-27-16-10-22(2)11-17-27/h5-17,23,28H,4,18-21H2,1-3H3,(H,32,35). The molecule has 1 N–H and O–H groups in total. The van der Waals surface area contributed by atoms with E-state index in [1.54, 1.807) is 16.7 Å². The molecule has 0 saturated heterocycles. The zero-order valence-electron chi connectivity index (χ0n) is 21.2. The fourth-order valence-corrected chi connectivity index (χ4v) is 4.92. The van der Waals surface area contributed by atoms with Crippen LogP contribution in [0.2, 0.25) is 0 Å². The van der Waals surface area contributed by atoms with Crippen molar-refractivity contribution in [3.8, 4) is 0 Å². The summed E-state index contributed by atoms with van der Waals surface area (Å²) in [4.78, 5) is 30.1. The van der Waals surface area contributed by atoms with Crippen molar-refractivity contribution in [1.82, 2.24) is 10.2 Å². The average molecular weight is 568 g/mol. The molecule has 0 saturated carbocycles. The molecule has 190 valence electrons. The van der Waals surface area contributed by atoms with Crippen molar-refractivity contribution < 1.29 is 9.59 Å². The third-order valence-electron chi connectivity index (χ3n) is 6.14. The molecule has 0 aromatic heterocycles. The van der Waals surface area contributed by atoms with Gasteiger partial charge in [-0.05, 0) is 55.7 Å². The minimum Gasteiger partial charge on any atom is -0.352 e. The first-order valence-electron chi connectivity index (χ1n) is 12.4. The number of carbonyl (C=O) groups excluding carboxylic acids is 2. The van der Waals surface area contributed by atoms with Crippen LogP contribution in [-0.2, 0) is 22.6 Å². The van der Waals surface area contributed by atoms with Gasteiger partial charge >= 0.3 is 0 Å². The van der Waals surface area contributed by atoms with Crippen molar-refractivity contribution in [2.24, 2.45) is 0 Å². The maximum absolute atomic E-state index is 13.7. The number of aryl methyl sites for hydroxylation is 1. The number of benzene rings is 3. The Morgan fingerprint density at radius 2 is 1.61 bits per heavy atom. The van der Waals surface area contributed by atoms with Crippen molar-refractivity contribution in [2.45, 2.75) is 63.6 Å². The largest absolute Gasteiger partial charge is 0.352 e. The Balaban J connectivity index is 1.84. The van der Waals surface area contributed by atoms with Gasteiger partial charge in [0.05, 0.1) is 0 Å². The summed E-state index contributed by atoms with van der Waals surface area (Å²) in [5.74, 6) is 0.534. The van der Waals surface area contributed by atoms with Gasteiger partial charge in [0.25, 0.3) is 0 Å². The summed E-state index contributed by atoms with van der Waals surface area (Å²) in [5.41, 5.74) is 3.24. The Hall–Kier alpha value is -2.57. The molecule has 3 aromatic carbocycles. The summed E-state index contributed by atoms with van der Waals surface area (Å²) >= 11 is 5.15. The molecular formula is C30H35BrN2O2S. The van der Waals surface area contributed by atoms with Crippen molar-refractivity contribution in [3.05, 3.63) is 100 Å². The van der Waals surface area contributed by atoms with Gasteiger partial charge < -0.3 is 10.2 Å². The number of nitrogens with one attached hydrogen (secondary N) is 1. The van der Waals surface area contributed by atoms with Crippen LogP contribution >= 0.6 is 27.7 Å². The SMILES string of the molecule is CCC(C)NC(=O)C(Cc1ccccc1)N(Cc1ccc(Br)cc1)C(=O)CCSc1ccc(C)cc1. The van der Waals surface area contributed by atoms with E-state index < -0.39 is 6.04 Å². The monoisotopic (exact) mass is 566 g/mol. The van der Waals surface area contributed by atoms with E-state index in [9.17, 15) is 9.59 Å². The van der Waals surface area contributed by atoms with E-state index in [1.807, 2.05) is 68.4 Å². The van der Waals surface area contributed by atoms with Gasteiger partial charge in [0.15, 0.2) is 0 Å². The highest BCUT2D eigenvalue weighted by Crippen LogP contribution is 2.22. The van der Waals surface area contributed by atoms with Crippen LogP contribution in [0.3, 0.4) is 0 Å². The van der Waals surface area contributed by atoms with Gasteiger partial charge in [0.2, 0.25) is 11.8 Å². The average Bonchev–Trinajstić information content (AvgIpc) is 2.88. The lowest BCUT2D eigenvalue weighted by Gasteiger charge is -2.32. The summed E-state index contributed by atoms with van der Waals surface area (Å²) < 4.78 is 0.981. The summed E-state index contributed by atoms with van der Waals surface area (Å²) in [7, 11) is 0. The van der Waals surface area contributed by atoms with Gasteiger partial charge in [-0.25, -0.2) is 0 Å². The van der Waals surface area contributed by atoms with Crippen LogP contribution < -0.4 is 5.32 Å². The molecule has 2 amide bonds. The molecule has 0 heterocycles. The second-order valence-corrected chi connectivity index (χ2v) is 11.2. The van der Waals surface area contributed by atoms with Gasteiger partial charge in [-0.15, -0.1) is 11.8 Å². The highest BCUT2D eigenvalue weighted by molar-refractivity contribution is 9.10. The summed E-state index contributed by atoms with van der Waals surface area (Å²) in [6.45, 7) is 6.49. The predicted octanol–water partition coefficient (Wildman–Crippen LogP) is 6.79. The van der Waals surface area contributed by atoms with Crippen molar-refractivity contribution >= 4 is 39.5 Å². The first kappa shape index (κ1) is 28.0. The molecule has 0 aliphatic heterocycles. The molecule has 2 unspecified atom stereocenters. The summed E-state index contributed by atoms with van der Waals surface area (Å²) in [6, 6.07) is 25.6. The Labute approximate surface area is 228 Å². The lowest BCUT2D eigenvalue weighted by atomic mass is 10.0. The van der Waals surface area contributed by atoms with Crippen LogP contribution in [0.15, 0.2) is 88.2 Å². The molecule has 4 nitrogen and oxygen atoms in total. The lowest BCUT2D eigenvalue weighted by molar-refractivity contribution is -0.141. The molecule has 3 rings (SSSR count). The maximum Gasteiger partial charge on any atom is 0.243 e. The minimum atomic E-state index is -0.595. The Kier molecular flexibility index (Phi) is 11.1. The maximum atomic E-state index is 13.7. The first-order chi connectivity index (χ1) is 17.4. The summed E-state index contributed by atoms with van der Waals surface area (Å²) in [6.07, 6.45) is 1.66. The molecule has 0 aliphatic rings. The molecule has 2 atom stereocenters. The zero-order chi connectivity index (χ0) is 25.9. The Bertz CT molecular complexity index is 1100. The number of hydrogen-bond donors (Lipinski definition) is 1. The molecule has 0 fully saturated rings. The smallest absolute Gasteiger partial charge is 0.243 e. The molecule has 0 bridgehead atoms. The van der Waals surface area contributed by atoms with Crippen LogP contribution in [0, 0.1) is 6.92 Å². The quantitative estimate of drug-likeness (QED) is 0.245. The molecular weight excluding hydrogens is 532 g/mol. The number of amides is 2. The number of thioether (sulfide) groups is 1. The van der Waals surface area contributed by atoms with E-state index in [-0.39, 0.29) is 17.9 Å². The number of halogens is 1. The van der Waals surface area contributed by atoms with Gasteiger partial charge in [-0.3, -0.25) is 9.59 Å². The fourth-order valence-electron chi connectivity index (χ4n) is 3.82. The van der Waals surface area contributed by atoms with E-state index in [1.165, 1.54) is 5.56 Å². The van der Waals surface area contributed by atoms with Crippen LogP contribution in [-0.4, -0.2) is 34.6 Å².